The fourth-order valence-corrected chi connectivity index (χ4v) is 2.55. The van der Waals surface area contributed by atoms with Crippen molar-refractivity contribution in [2.45, 2.75) is 20.4 Å². The van der Waals surface area contributed by atoms with Crippen molar-refractivity contribution in [3.8, 4) is 0 Å². The molecule has 0 spiro atoms. The van der Waals surface area contributed by atoms with Crippen molar-refractivity contribution in [1.82, 2.24) is 4.90 Å². The number of para-hydroxylation sites is 1. The minimum absolute atomic E-state index is 0.0949. The molecule has 0 aromatic heterocycles. The summed E-state index contributed by atoms with van der Waals surface area (Å²) in [5.41, 5.74) is 2.74. The predicted octanol–water partition coefficient (Wildman–Crippen LogP) is 3.59. The van der Waals surface area contributed by atoms with Gasteiger partial charge < -0.3 is 10.2 Å². The van der Waals surface area contributed by atoms with Gasteiger partial charge in [0, 0.05) is 30.9 Å². The van der Waals surface area contributed by atoms with Gasteiger partial charge in [-0.05, 0) is 31.5 Å². The second-order valence-electron chi connectivity index (χ2n) is 5.20. The fourth-order valence-electron chi connectivity index (χ4n) is 2.55. The van der Waals surface area contributed by atoms with E-state index in [9.17, 15) is 9.59 Å². The molecular formula is C19H22N2O2. The monoisotopic (exact) mass is 310 g/mol. The third kappa shape index (κ3) is 3.97. The van der Waals surface area contributed by atoms with Crippen molar-refractivity contribution in [1.29, 1.82) is 0 Å². The second-order valence-corrected chi connectivity index (χ2v) is 5.20. The summed E-state index contributed by atoms with van der Waals surface area (Å²) in [6, 6.07) is 15.2. The van der Waals surface area contributed by atoms with E-state index in [1.54, 1.807) is 11.0 Å². The molecular weight excluding hydrogens is 288 g/mol. The maximum atomic E-state index is 12.8. The van der Waals surface area contributed by atoms with Gasteiger partial charge in [-0.25, -0.2) is 0 Å². The molecule has 0 aliphatic rings. The molecule has 0 aliphatic heterocycles. The van der Waals surface area contributed by atoms with E-state index in [-0.39, 0.29) is 5.91 Å². The predicted molar refractivity (Wildman–Crippen MR) is 92.8 cm³/mol. The van der Waals surface area contributed by atoms with Gasteiger partial charge in [-0.1, -0.05) is 36.4 Å². The Labute approximate surface area is 137 Å². The number of carbonyl (C=O) groups excluding carboxylic acids is 2. The minimum Gasteiger partial charge on any atom is -0.381 e. The van der Waals surface area contributed by atoms with Crippen LogP contribution in [0.2, 0.25) is 0 Å². The van der Waals surface area contributed by atoms with E-state index in [4.69, 9.17) is 0 Å². The van der Waals surface area contributed by atoms with Gasteiger partial charge in [0.05, 0.1) is 5.56 Å². The van der Waals surface area contributed by atoms with Crippen LogP contribution in [0, 0.1) is 0 Å². The van der Waals surface area contributed by atoms with Crippen LogP contribution in [-0.4, -0.2) is 30.2 Å². The summed E-state index contributed by atoms with van der Waals surface area (Å²) in [6.45, 7) is 5.61. The lowest BCUT2D eigenvalue weighted by atomic mass is 10.00. The molecule has 4 nitrogen and oxygen atoms in total. The van der Waals surface area contributed by atoms with Gasteiger partial charge in [0.15, 0.2) is 6.29 Å². The molecule has 0 heterocycles. The van der Waals surface area contributed by atoms with E-state index < -0.39 is 0 Å². The Morgan fingerprint density at radius 2 is 1.74 bits per heavy atom. The number of hydrogen-bond acceptors (Lipinski definition) is 3. The smallest absolute Gasteiger partial charge is 0.254 e. The van der Waals surface area contributed by atoms with E-state index in [0.717, 1.165) is 17.5 Å². The first-order valence-corrected chi connectivity index (χ1v) is 7.86. The SMILES string of the molecule is CCN(CC)C(=O)c1c(C=O)cccc1CNc1ccccc1. The van der Waals surface area contributed by atoms with Crippen LogP contribution in [0.25, 0.3) is 0 Å². The molecule has 1 N–H and O–H groups in total. The Balaban J connectivity index is 2.32. The number of nitrogens with zero attached hydrogens (tertiary/aromatic N) is 1. The first-order valence-electron chi connectivity index (χ1n) is 7.86. The summed E-state index contributed by atoms with van der Waals surface area (Å²) in [7, 11) is 0. The van der Waals surface area contributed by atoms with Crippen molar-refractivity contribution in [3.63, 3.8) is 0 Å². The van der Waals surface area contributed by atoms with Crippen molar-refractivity contribution >= 4 is 17.9 Å². The number of carbonyl (C=O) groups is 2. The molecule has 0 saturated carbocycles. The molecule has 0 unspecified atom stereocenters. The Morgan fingerprint density at radius 1 is 1.04 bits per heavy atom. The summed E-state index contributed by atoms with van der Waals surface area (Å²) in [5, 5.41) is 3.30. The fraction of sp³-hybridized carbons (Fsp3) is 0.263. The third-order valence-electron chi connectivity index (χ3n) is 3.83. The van der Waals surface area contributed by atoms with Gasteiger partial charge >= 0.3 is 0 Å². The highest BCUT2D eigenvalue weighted by atomic mass is 16.2. The summed E-state index contributed by atoms with van der Waals surface area (Å²) < 4.78 is 0. The highest BCUT2D eigenvalue weighted by Gasteiger charge is 2.20. The molecule has 0 saturated heterocycles. The number of rotatable bonds is 7. The van der Waals surface area contributed by atoms with Gasteiger partial charge in [0.1, 0.15) is 0 Å². The molecule has 1 amide bonds. The zero-order chi connectivity index (χ0) is 16.7. The molecule has 0 bridgehead atoms. The summed E-state index contributed by atoms with van der Waals surface area (Å²) in [5.74, 6) is -0.0949. The molecule has 0 aliphatic carbocycles. The van der Waals surface area contributed by atoms with Crippen LogP contribution in [0.1, 0.15) is 40.1 Å². The van der Waals surface area contributed by atoms with Crippen LogP contribution in [0.3, 0.4) is 0 Å². The minimum atomic E-state index is -0.0949. The van der Waals surface area contributed by atoms with Crippen LogP contribution < -0.4 is 5.32 Å². The van der Waals surface area contributed by atoms with Gasteiger partial charge in [-0.2, -0.15) is 0 Å². The summed E-state index contributed by atoms with van der Waals surface area (Å²) >= 11 is 0. The Bertz CT molecular complexity index is 664. The number of benzene rings is 2. The highest BCUT2D eigenvalue weighted by molar-refractivity contribution is 6.02. The summed E-state index contributed by atoms with van der Waals surface area (Å²) in [6.07, 6.45) is 0.753. The van der Waals surface area contributed by atoms with E-state index >= 15 is 0 Å². The lowest BCUT2D eigenvalue weighted by Crippen LogP contribution is -2.32. The van der Waals surface area contributed by atoms with Gasteiger partial charge in [0.25, 0.3) is 5.91 Å². The lowest BCUT2D eigenvalue weighted by molar-refractivity contribution is 0.0769. The van der Waals surface area contributed by atoms with Crippen LogP contribution in [0.4, 0.5) is 5.69 Å². The first kappa shape index (κ1) is 16.7. The van der Waals surface area contributed by atoms with Crippen LogP contribution >= 0.6 is 0 Å². The van der Waals surface area contributed by atoms with Crippen molar-refractivity contribution < 1.29 is 9.59 Å². The van der Waals surface area contributed by atoms with Crippen molar-refractivity contribution in [3.05, 3.63) is 65.2 Å². The van der Waals surface area contributed by atoms with Crippen LogP contribution in [0.5, 0.6) is 0 Å². The molecule has 23 heavy (non-hydrogen) atoms. The number of anilines is 1. The Kier molecular flexibility index (Phi) is 5.92. The standard InChI is InChI=1S/C19H22N2O2/c1-3-21(4-2)19(23)18-15(9-8-10-16(18)14-22)13-20-17-11-6-5-7-12-17/h5-12,14,20H,3-4,13H2,1-2H3. The maximum absolute atomic E-state index is 12.8. The molecule has 120 valence electrons. The molecule has 2 rings (SSSR count). The van der Waals surface area contributed by atoms with Gasteiger partial charge in [-0.3, -0.25) is 9.59 Å². The number of hydrogen-bond donors (Lipinski definition) is 1. The largest absolute Gasteiger partial charge is 0.381 e. The van der Waals surface area contributed by atoms with E-state index in [1.165, 1.54) is 0 Å². The molecule has 0 fully saturated rings. The van der Waals surface area contributed by atoms with Crippen LogP contribution in [-0.2, 0) is 6.54 Å². The lowest BCUT2D eigenvalue weighted by Gasteiger charge is -2.21. The quantitative estimate of drug-likeness (QED) is 0.795. The first-order chi connectivity index (χ1) is 11.2. The van der Waals surface area contributed by atoms with Gasteiger partial charge in [0.2, 0.25) is 0 Å². The number of aldehydes is 1. The van der Waals surface area contributed by atoms with E-state index in [2.05, 4.69) is 5.32 Å². The highest BCUT2D eigenvalue weighted by Crippen LogP contribution is 2.18. The Hall–Kier alpha value is -2.62. The Morgan fingerprint density at radius 3 is 2.35 bits per heavy atom. The number of nitrogens with one attached hydrogen (secondary N) is 1. The summed E-state index contributed by atoms with van der Waals surface area (Å²) in [4.78, 5) is 25.9. The van der Waals surface area contributed by atoms with Crippen molar-refractivity contribution in [2.75, 3.05) is 18.4 Å². The maximum Gasteiger partial charge on any atom is 0.254 e. The van der Waals surface area contributed by atoms with E-state index in [1.807, 2.05) is 56.3 Å². The average molecular weight is 310 g/mol. The third-order valence-corrected chi connectivity index (χ3v) is 3.83. The molecule has 4 heteroatoms. The van der Waals surface area contributed by atoms with Crippen molar-refractivity contribution in [2.24, 2.45) is 0 Å². The molecule has 2 aromatic carbocycles. The topological polar surface area (TPSA) is 49.4 Å². The van der Waals surface area contributed by atoms with Crippen LogP contribution in [0.15, 0.2) is 48.5 Å². The van der Waals surface area contributed by atoms with Gasteiger partial charge in [-0.15, -0.1) is 0 Å². The zero-order valence-corrected chi connectivity index (χ0v) is 13.6. The zero-order valence-electron chi connectivity index (χ0n) is 13.6. The average Bonchev–Trinajstić information content (AvgIpc) is 2.61. The second kappa shape index (κ2) is 8.13. The molecule has 2 aromatic rings. The molecule has 0 radical (unpaired) electrons. The normalized spacial score (nSPS) is 10.2. The molecule has 0 atom stereocenters. The van der Waals surface area contributed by atoms with E-state index in [0.29, 0.717) is 30.8 Å². The number of amides is 1.